The SMILES string of the molecule is O=C(O)[C@H]1NCCC1c1ccco1. The maximum atomic E-state index is 10.8. The highest BCUT2D eigenvalue weighted by Crippen LogP contribution is 2.27. The monoisotopic (exact) mass is 181 g/mol. The number of nitrogens with one attached hydrogen (secondary N) is 1. The number of carboxylic acid groups (broad SMARTS) is 1. The zero-order chi connectivity index (χ0) is 9.26. The molecule has 0 spiro atoms. The normalized spacial score (nSPS) is 27.7. The minimum atomic E-state index is -0.807. The molecule has 13 heavy (non-hydrogen) atoms. The summed E-state index contributed by atoms with van der Waals surface area (Å²) in [5, 5.41) is 11.8. The first-order valence-corrected chi connectivity index (χ1v) is 4.28. The predicted octanol–water partition coefficient (Wildman–Crippen LogP) is 0.810. The van der Waals surface area contributed by atoms with Gasteiger partial charge in [-0.15, -0.1) is 0 Å². The molecule has 2 atom stereocenters. The molecule has 4 heteroatoms. The second kappa shape index (κ2) is 3.22. The van der Waals surface area contributed by atoms with Gasteiger partial charge in [-0.05, 0) is 25.1 Å². The van der Waals surface area contributed by atoms with Gasteiger partial charge >= 0.3 is 5.97 Å². The first kappa shape index (κ1) is 8.31. The van der Waals surface area contributed by atoms with Gasteiger partial charge in [0.2, 0.25) is 0 Å². The van der Waals surface area contributed by atoms with Gasteiger partial charge in [0.05, 0.1) is 6.26 Å². The zero-order valence-electron chi connectivity index (χ0n) is 7.06. The summed E-state index contributed by atoms with van der Waals surface area (Å²) in [6.07, 6.45) is 2.40. The minimum Gasteiger partial charge on any atom is -0.480 e. The lowest BCUT2D eigenvalue weighted by Crippen LogP contribution is -2.34. The van der Waals surface area contributed by atoms with E-state index in [2.05, 4.69) is 5.32 Å². The number of carboxylic acids is 1. The number of furan rings is 1. The van der Waals surface area contributed by atoms with E-state index in [1.165, 1.54) is 0 Å². The molecule has 2 rings (SSSR count). The molecule has 0 radical (unpaired) electrons. The Labute approximate surface area is 75.6 Å². The molecule has 0 bridgehead atoms. The lowest BCUT2D eigenvalue weighted by molar-refractivity contribution is -0.139. The summed E-state index contributed by atoms with van der Waals surface area (Å²) in [5.74, 6) is -0.0659. The fraction of sp³-hybridized carbons (Fsp3) is 0.444. The summed E-state index contributed by atoms with van der Waals surface area (Å²) in [5.41, 5.74) is 0. The van der Waals surface area contributed by atoms with Gasteiger partial charge in [-0.2, -0.15) is 0 Å². The standard InChI is InChI=1S/C9H11NO3/c11-9(12)8-6(3-4-10-8)7-2-1-5-13-7/h1-2,5-6,8,10H,3-4H2,(H,11,12)/t6?,8-/m0/s1. The number of rotatable bonds is 2. The quantitative estimate of drug-likeness (QED) is 0.708. The molecule has 1 aliphatic heterocycles. The average molecular weight is 181 g/mol. The van der Waals surface area contributed by atoms with Crippen LogP contribution in [0.2, 0.25) is 0 Å². The molecule has 0 aliphatic carbocycles. The second-order valence-electron chi connectivity index (χ2n) is 3.18. The minimum absolute atomic E-state index is 0.0208. The molecule has 4 nitrogen and oxygen atoms in total. The summed E-state index contributed by atoms with van der Waals surface area (Å²) in [6, 6.07) is 3.12. The van der Waals surface area contributed by atoms with Crippen molar-refractivity contribution < 1.29 is 14.3 Å². The van der Waals surface area contributed by atoms with Crippen LogP contribution in [-0.4, -0.2) is 23.7 Å². The van der Waals surface area contributed by atoms with Crippen molar-refractivity contribution in [2.45, 2.75) is 18.4 Å². The van der Waals surface area contributed by atoms with E-state index in [1.54, 1.807) is 12.3 Å². The fourth-order valence-corrected chi connectivity index (χ4v) is 1.77. The molecule has 1 aromatic heterocycles. The average Bonchev–Trinajstić information content (AvgIpc) is 2.74. The van der Waals surface area contributed by atoms with Crippen LogP contribution in [-0.2, 0) is 4.79 Å². The van der Waals surface area contributed by atoms with Crippen molar-refractivity contribution in [2.24, 2.45) is 0 Å². The van der Waals surface area contributed by atoms with Gasteiger partial charge in [-0.25, -0.2) is 0 Å². The fourth-order valence-electron chi connectivity index (χ4n) is 1.77. The van der Waals surface area contributed by atoms with Crippen LogP contribution in [0.25, 0.3) is 0 Å². The van der Waals surface area contributed by atoms with E-state index in [-0.39, 0.29) is 5.92 Å². The lowest BCUT2D eigenvalue weighted by atomic mass is 9.98. The Morgan fingerprint density at radius 2 is 2.54 bits per heavy atom. The molecule has 0 saturated carbocycles. The van der Waals surface area contributed by atoms with Crippen molar-refractivity contribution in [3.05, 3.63) is 24.2 Å². The van der Waals surface area contributed by atoms with Gasteiger partial charge in [-0.3, -0.25) is 4.79 Å². The summed E-state index contributed by atoms with van der Waals surface area (Å²) < 4.78 is 5.19. The van der Waals surface area contributed by atoms with Gasteiger partial charge in [0.15, 0.2) is 0 Å². The number of hydrogen-bond acceptors (Lipinski definition) is 3. The third kappa shape index (κ3) is 1.45. The van der Waals surface area contributed by atoms with Crippen LogP contribution in [0.3, 0.4) is 0 Å². The highest BCUT2D eigenvalue weighted by atomic mass is 16.4. The molecule has 1 aliphatic rings. The van der Waals surface area contributed by atoms with E-state index in [1.807, 2.05) is 6.07 Å². The maximum absolute atomic E-state index is 10.8. The van der Waals surface area contributed by atoms with Crippen LogP contribution in [0.15, 0.2) is 22.8 Å². The molecule has 2 N–H and O–H groups in total. The third-order valence-corrected chi connectivity index (χ3v) is 2.40. The van der Waals surface area contributed by atoms with Crippen LogP contribution in [0.5, 0.6) is 0 Å². The molecular weight excluding hydrogens is 170 g/mol. The van der Waals surface area contributed by atoms with Crippen molar-refractivity contribution in [3.63, 3.8) is 0 Å². The van der Waals surface area contributed by atoms with E-state index in [0.29, 0.717) is 0 Å². The van der Waals surface area contributed by atoms with Crippen molar-refractivity contribution in [2.75, 3.05) is 6.54 Å². The predicted molar refractivity (Wildman–Crippen MR) is 45.5 cm³/mol. The molecule has 1 aromatic rings. The number of hydrogen-bond donors (Lipinski definition) is 2. The summed E-state index contributed by atoms with van der Waals surface area (Å²) in [6.45, 7) is 0.738. The number of aliphatic carboxylic acids is 1. The van der Waals surface area contributed by atoms with E-state index < -0.39 is 12.0 Å². The molecule has 70 valence electrons. The molecule has 0 amide bonds. The second-order valence-corrected chi connectivity index (χ2v) is 3.18. The van der Waals surface area contributed by atoms with Crippen LogP contribution in [0, 0.1) is 0 Å². The summed E-state index contributed by atoms with van der Waals surface area (Å²) >= 11 is 0. The van der Waals surface area contributed by atoms with Crippen LogP contribution >= 0.6 is 0 Å². The van der Waals surface area contributed by atoms with E-state index in [4.69, 9.17) is 9.52 Å². The Bertz CT molecular complexity index is 294. The third-order valence-electron chi connectivity index (χ3n) is 2.40. The van der Waals surface area contributed by atoms with E-state index in [9.17, 15) is 4.79 Å². The van der Waals surface area contributed by atoms with Crippen LogP contribution in [0.1, 0.15) is 18.1 Å². The molecule has 1 fully saturated rings. The Morgan fingerprint density at radius 1 is 1.69 bits per heavy atom. The highest BCUT2D eigenvalue weighted by Gasteiger charge is 2.35. The van der Waals surface area contributed by atoms with Crippen LogP contribution in [0.4, 0.5) is 0 Å². The first-order valence-electron chi connectivity index (χ1n) is 4.28. The Morgan fingerprint density at radius 3 is 3.15 bits per heavy atom. The molecule has 1 saturated heterocycles. The first-order chi connectivity index (χ1) is 6.29. The van der Waals surface area contributed by atoms with Crippen molar-refractivity contribution in [1.82, 2.24) is 5.32 Å². The lowest BCUT2D eigenvalue weighted by Gasteiger charge is -2.12. The maximum Gasteiger partial charge on any atom is 0.321 e. The van der Waals surface area contributed by atoms with Gasteiger partial charge in [-0.1, -0.05) is 0 Å². The molecular formula is C9H11NO3. The van der Waals surface area contributed by atoms with Gasteiger partial charge < -0.3 is 14.8 Å². The number of carbonyl (C=O) groups is 1. The van der Waals surface area contributed by atoms with E-state index in [0.717, 1.165) is 18.7 Å². The Kier molecular flexibility index (Phi) is 2.06. The molecule has 1 unspecified atom stereocenters. The van der Waals surface area contributed by atoms with Crippen LogP contribution < -0.4 is 5.32 Å². The molecule has 2 heterocycles. The smallest absolute Gasteiger partial charge is 0.321 e. The van der Waals surface area contributed by atoms with Gasteiger partial charge in [0.1, 0.15) is 11.8 Å². The largest absolute Gasteiger partial charge is 0.480 e. The molecule has 0 aromatic carbocycles. The zero-order valence-corrected chi connectivity index (χ0v) is 7.06. The highest BCUT2D eigenvalue weighted by molar-refractivity contribution is 5.75. The van der Waals surface area contributed by atoms with Gasteiger partial charge in [0, 0.05) is 5.92 Å². The topological polar surface area (TPSA) is 62.5 Å². The van der Waals surface area contributed by atoms with Gasteiger partial charge in [0.25, 0.3) is 0 Å². The van der Waals surface area contributed by atoms with Crippen molar-refractivity contribution in [1.29, 1.82) is 0 Å². The van der Waals surface area contributed by atoms with Crippen molar-refractivity contribution >= 4 is 5.97 Å². The Balaban J connectivity index is 2.19. The summed E-state index contributed by atoms with van der Waals surface area (Å²) in [4.78, 5) is 10.8. The van der Waals surface area contributed by atoms with E-state index >= 15 is 0 Å². The van der Waals surface area contributed by atoms with Crippen molar-refractivity contribution in [3.8, 4) is 0 Å². The summed E-state index contributed by atoms with van der Waals surface area (Å²) in [7, 11) is 0. The Hall–Kier alpha value is -1.29.